The number of nitrogens with one attached hydrogen (secondary N) is 1. The summed E-state index contributed by atoms with van der Waals surface area (Å²) in [5.74, 6) is -0.158. The lowest BCUT2D eigenvalue weighted by atomic mass is 9.92. The fraction of sp³-hybridized carbons (Fsp3) is 0.714. The summed E-state index contributed by atoms with van der Waals surface area (Å²) in [5.41, 5.74) is -0.522. The largest absolute Gasteiger partial charge is 0.444 e. The van der Waals surface area contributed by atoms with Crippen molar-refractivity contribution in [1.82, 2.24) is 5.32 Å². The quantitative estimate of drug-likeness (QED) is 0.608. The van der Waals surface area contributed by atoms with Crippen LogP contribution in [-0.4, -0.2) is 24.0 Å². The number of ether oxygens (including phenoxy) is 1. The van der Waals surface area contributed by atoms with Gasteiger partial charge in [0.1, 0.15) is 11.9 Å². The van der Waals surface area contributed by atoms with E-state index in [0.29, 0.717) is 0 Å². The monoisotopic (exact) mass is 253 g/mol. The number of hydrogen-bond donors (Lipinski definition) is 1. The maximum absolute atomic E-state index is 11.7. The third-order valence-electron chi connectivity index (χ3n) is 2.82. The van der Waals surface area contributed by atoms with Gasteiger partial charge in [-0.05, 0) is 40.0 Å². The van der Waals surface area contributed by atoms with Gasteiger partial charge in [0.15, 0.2) is 0 Å². The zero-order chi connectivity index (χ0) is 13.6. The second-order valence-electron chi connectivity index (χ2n) is 5.68. The van der Waals surface area contributed by atoms with E-state index in [1.54, 1.807) is 0 Å². The van der Waals surface area contributed by atoms with E-state index >= 15 is 0 Å². The molecule has 0 heterocycles. The van der Waals surface area contributed by atoms with E-state index < -0.39 is 11.7 Å². The van der Waals surface area contributed by atoms with Crippen LogP contribution in [0.5, 0.6) is 0 Å². The first-order valence-electron chi connectivity index (χ1n) is 6.54. The average molecular weight is 253 g/mol. The van der Waals surface area contributed by atoms with E-state index in [-0.39, 0.29) is 12.0 Å². The zero-order valence-corrected chi connectivity index (χ0v) is 11.4. The van der Waals surface area contributed by atoms with Crippen LogP contribution >= 0.6 is 0 Å². The first-order chi connectivity index (χ1) is 8.42. The molecule has 0 saturated carbocycles. The summed E-state index contributed by atoms with van der Waals surface area (Å²) in [6.45, 7) is 5.45. The van der Waals surface area contributed by atoms with Gasteiger partial charge in [0, 0.05) is 5.92 Å². The molecular weight excluding hydrogens is 230 g/mol. The summed E-state index contributed by atoms with van der Waals surface area (Å²) in [6, 6.07) is -0.252. The van der Waals surface area contributed by atoms with E-state index in [0.717, 1.165) is 32.0 Å². The molecule has 0 spiro atoms. The molecule has 0 aromatic heterocycles. The van der Waals surface area contributed by atoms with Gasteiger partial charge >= 0.3 is 6.09 Å². The lowest BCUT2D eigenvalue weighted by Gasteiger charge is -2.25. The van der Waals surface area contributed by atoms with E-state index in [9.17, 15) is 9.59 Å². The molecule has 0 saturated heterocycles. The lowest BCUT2D eigenvalue weighted by Crippen LogP contribution is -2.42. The predicted octanol–water partition coefficient (Wildman–Crippen LogP) is 2.83. The van der Waals surface area contributed by atoms with Crippen molar-refractivity contribution in [3.63, 3.8) is 0 Å². The van der Waals surface area contributed by atoms with Gasteiger partial charge in [-0.15, -0.1) is 0 Å². The Bertz CT molecular complexity index is 317. The van der Waals surface area contributed by atoms with Crippen molar-refractivity contribution < 1.29 is 14.3 Å². The van der Waals surface area contributed by atoms with Crippen molar-refractivity contribution in [3.05, 3.63) is 12.2 Å². The van der Waals surface area contributed by atoms with Crippen molar-refractivity contribution in [2.24, 2.45) is 5.92 Å². The molecule has 0 fully saturated rings. The topological polar surface area (TPSA) is 55.4 Å². The molecular formula is C14H23NO3. The van der Waals surface area contributed by atoms with Gasteiger partial charge in [0.05, 0.1) is 6.04 Å². The minimum absolute atomic E-state index is 0.158. The molecule has 4 heteroatoms. The molecule has 1 rings (SSSR count). The Hall–Kier alpha value is -1.32. The number of alkyl carbamates (subject to hydrolysis) is 1. The van der Waals surface area contributed by atoms with Gasteiger partial charge in [-0.1, -0.05) is 18.6 Å². The van der Waals surface area contributed by atoms with E-state index in [1.807, 2.05) is 32.9 Å². The third-order valence-corrected chi connectivity index (χ3v) is 2.82. The van der Waals surface area contributed by atoms with Gasteiger partial charge < -0.3 is 14.8 Å². The Morgan fingerprint density at radius 3 is 2.72 bits per heavy atom. The summed E-state index contributed by atoms with van der Waals surface area (Å²) >= 11 is 0. The highest BCUT2D eigenvalue weighted by Crippen LogP contribution is 2.17. The lowest BCUT2D eigenvalue weighted by molar-refractivity contribution is -0.111. The third kappa shape index (κ3) is 5.34. The van der Waals surface area contributed by atoms with Crippen molar-refractivity contribution in [3.8, 4) is 0 Å². The fourth-order valence-electron chi connectivity index (χ4n) is 1.96. The molecule has 18 heavy (non-hydrogen) atoms. The summed E-state index contributed by atoms with van der Waals surface area (Å²) in [7, 11) is 0. The highest BCUT2D eigenvalue weighted by molar-refractivity contribution is 5.69. The van der Waals surface area contributed by atoms with Crippen LogP contribution in [0.1, 0.15) is 46.5 Å². The van der Waals surface area contributed by atoms with Gasteiger partial charge in [0.2, 0.25) is 0 Å². The molecule has 4 nitrogen and oxygen atoms in total. The van der Waals surface area contributed by atoms with E-state index in [1.165, 1.54) is 0 Å². The summed E-state index contributed by atoms with van der Waals surface area (Å²) < 4.78 is 5.21. The number of allylic oxidation sites excluding steroid dienone is 1. The first kappa shape index (κ1) is 14.7. The second kappa shape index (κ2) is 6.57. The molecule has 1 aliphatic carbocycles. The minimum Gasteiger partial charge on any atom is -0.444 e. The highest BCUT2D eigenvalue weighted by atomic mass is 16.6. The smallest absolute Gasteiger partial charge is 0.408 e. The van der Waals surface area contributed by atoms with Crippen molar-refractivity contribution >= 4 is 12.4 Å². The Kier molecular flexibility index (Phi) is 5.38. The van der Waals surface area contributed by atoms with Gasteiger partial charge in [-0.25, -0.2) is 4.79 Å². The molecule has 0 aromatic carbocycles. The molecule has 0 bridgehead atoms. The molecule has 1 amide bonds. The summed E-state index contributed by atoms with van der Waals surface area (Å²) in [5, 5.41) is 2.76. The molecule has 2 atom stereocenters. The normalized spacial score (nSPS) is 24.8. The number of hydrogen-bond acceptors (Lipinski definition) is 3. The van der Waals surface area contributed by atoms with Crippen LogP contribution < -0.4 is 5.32 Å². The Morgan fingerprint density at radius 1 is 1.39 bits per heavy atom. The maximum atomic E-state index is 11.7. The Balaban J connectivity index is 2.62. The summed E-state index contributed by atoms with van der Waals surface area (Å²) in [4.78, 5) is 22.8. The van der Waals surface area contributed by atoms with Crippen LogP contribution in [-0.2, 0) is 9.53 Å². The first-order valence-corrected chi connectivity index (χ1v) is 6.54. The Morgan fingerprint density at radius 2 is 2.11 bits per heavy atom. The predicted molar refractivity (Wildman–Crippen MR) is 70.3 cm³/mol. The molecule has 1 N–H and O–H groups in total. The molecule has 0 radical (unpaired) electrons. The number of amides is 1. The summed E-state index contributed by atoms with van der Waals surface area (Å²) in [6.07, 6.45) is 8.31. The molecule has 1 aliphatic rings. The van der Waals surface area contributed by atoms with Gasteiger partial charge in [-0.2, -0.15) is 0 Å². The van der Waals surface area contributed by atoms with Crippen LogP contribution in [0.2, 0.25) is 0 Å². The van der Waals surface area contributed by atoms with Crippen LogP contribution in [0.15, 0.2) is 12.2 Å². The average Bonchev–Trinajstić information content (AvgIpc) is 2.20. The van der Waals surface area contributed by atoms with E-state index in [4.69, 9.17) is 4.74 Å². The standard InChI is InChI=1S/C14H23NO3/c1-14(2,3)18-13(17)15-12-9-7-5-4-6-8-11(12)10-16/h7,9-12H,4-6,8H2,1-3H3,(H,15,17)/t11-,12+/m0/s1. The number of carbonyl (C=O) groups is 2. The van der Waals surface area contributed by atoms with Gasteiger partial charge in [0.25, 0.3) is 0 Å². The van der Waals surface area contributed by atoms with E-state index in [2.05, 4.69) is 5.32 Å². The van der Waals surface area contributed by atoms with Crippen LogP contribution in [0.25, 0.3) is 0 Å². The Labute approximate surface area is 109 Å². The van der Waals surface area contributed by atoms with Crippen molar-refractivity contribution in [1.29, 1.82) is 0 Å². The second-order valence-corrected chi connectivity index (χ2v) is 5.68. The van der Waals surface area contributed by atoms with Crippen molar-refractivity contribution in [2.45, 2.75) is 58.1 Å². The van der Waals surface area contributed by atoms with Gasteiger partial charge in [-0.3, -0.25) is 0 Å². The van der Waals surface area contributed by atoms with Crippen LogP contribution in [0, 0.1) is 5.92 Å². The molecule has 0 aliphatic heterocycles. The number of carbonyl (C=O) groups excluding carboxylic acids is 2. The zero-order valence-electron chi connectivity index (χ0n) is 11.4. The SMILES string of the molecule is CC(C)(C)OC(=O)N[C@@H]1C=CCCCC[C@H]1C=O. The molecule has 102 valence electrons. The highest BCUT2D eigenvalue weighted by Gasteiger charge is 2.24. The van der Waals surface area contributed by atoms with Crippen LogP contribution in [0.4, 0.5) is 4.79 Å². The number of aldehydes is 1. The van der Waals surface area contributed by atoms with Crippen molar-refractivity contribution in [2.75, 3.05) is 0 Å². The molecule has 0 unspecified atom stereocenters. The maximum Gasteiger partial charge on any atom is 0.408 e. The molecule has 0 aromatic rings. The fourth-order valence-corrected chi connectivity index (χ4v) is 1.96. The van der Waals surface area contributed by atoms with Crippen LogP contribution in [0.3, 0.4) is 0 Å². The number of rotatable bonds is 2. The minimum atomic E-state index is -0.522.